The number of rotatable bonds is 1. The van der Waals surface area contributed by atoms with Crippen LogP contribution < -0.4 is 5.32 Å². The molecule has 1 N–H and O–H groups in total. The Kier molecular flexibility index (Phi) is 3.04. The highest BCUT2D eigenvalue weighted by molar-refractivity contribution is 5.82. The highest BCUT2D eigenvalue weighted by atomic mass is 19.1. The van der Waals surface area contributed by atoms with Crippen LogP contribution in [-0.4, -0.2) is 29.9 Å². The quantitative estimate of drug-likeness (QED) is 0.816. The topological polar surface area (TPSA) is 32.3 Å². The van der Waals surface area contributed by atoms with Gasteiger partial charge in [0.05, 0.1) is 6.04 Å². The lowest BCUT2D eigenvalue weighted by Gasteiger charge is -2.30. The van der Waals surface area contributed by atoms with Crippen LogP contribution in [0.3, 0.4) is 0 Å². The maximum absolute atomic E-state index is 13.1. The van der Waals surface area contributed by atoms with Crippen molar-refractivity contribution in [3.8, 4) is 0 Å². The van der Waals surface area contributed by atoms with E-state index in [0.29, 0.717) is 13.1 Å². The van der Waals surface area contributed by atoms with E-state index in [0.717, 1.165) is 36.9 Å². The lowest BCUT2D eigenvalue weighted by Crippen LogP contribution is -2.45. The molecule has 1 amide bonds. The maximum atomic E-state index is 13.1. The van der Waals surface area contributed by atoms with Gasteiger partial charge in [-0.05, 0) is 49.1 Å². The van der Waals surface area contributed by atoms with Crippen LogP contribution in [-0.2, 0) is 17.8 Å². The van der Waals surface area contributed by atoms with Crippen molar-refractivity contribution in [2.45, 2.75) is 31.8 Å². The second-order valence-corrected chi connectivity index (χ2v) is 5.07. The van der Waals surface area contributed by atoms with Crippen LogP contribution in [0.2, 0.25) is 0 Å². The van der Waals surface area contributed by atoms with E-state index in [2.05, 4.69) is 5.32 Å². The van der Waals surface area contributed by atoms with Gasteiger partial charge in [0.25, 0.3) is 0 Å². The van der Waals surface area contributed by atoms with Crippen molar-refractivity contribution in [3.63, 3.8) is 0 Å². The first-order valence-electron chi connectivity index (χ1n) is 6.53. The largest absolute Gasteiger partial charge is 0.337 e. The van der Waals surface area contributed by atoms with Gasteiger partial charge in [0.15, 0.2) is 0 Å². The summed E-state index contributed by atoms with van der Waals surface area (Å²) in [6.45, 7) is 2.26. The number of amides is 1. The van der Waals surface area contributed by atoms with Crippen LogP contribution in [0.25, 0.3) is 0 Å². The number of nitrogens with zero attached hydrogens (tertiary/aromatic N) is 1. The third kappa shape index (κ3) is 2.12. The van der Waals surface area contributed by atoms with Gasteiger partial charge >= 0.3 is 0 Å². The molecule has 18 heavy (non-hydrogen) atoms. The number of hydrogen-bond acceptors (Lipinski definition) is 2. The number of fused-ring (bicyclic) bond motifs is 1. The Balaban J connectivity index is 1.74. The Morgan fingerprint density at radius 1 is 1.39 bits per heavy atom. The van der Waals surface area contributed by atoms with Crippen molar-refractivity contribution in [3.05, 3.63) is 35.1 Å². The molecule has 0 spiro atoms. The first-order valence-corrected chi connectivity index (χ1v) is 6.53. The Morgan fingerprint density at radius 2 is 2.28 bits per heavy atom. The molecule has 1 saturated heterocycles. The molecule has 0 aromatic heterocycles. The molecule has 1 fully saturated rings. The van der Waals surface area contributed by atoms with E-state index in [4.69, 9.17) is 0 Å². The van der Waals surface area contributed by atoms with E-state index in [1.165, 1.54) is 6.07 Å². The zero-order valence-corrected chi connectivity index (χ0v) is 10.3. The van der Waals surface area contributed by atoms with E-state index in [9.17, 15) is 9.18 Å². The summed E-state index contributed by atoms with van der Waals surface area (Å²) in [4.78, 5) is 14.2. The molecule has 2 aliphatic heterocycles. The highest BCUT2D eigenvalue weighted by Crippen LogP contribution is 2.21. The Labute approximate surface area is 106 Å². The number of carbonyl (C=O) groups is 1. The summed E-state index contributed by atoms with van der Waals surface area (Å²) in [5.74, 6) is 0.00783. The minimum atomic E-state index is -0.189. The van der Waals surface area contributed by atoms with Gasteiger partial charge in [-0.15, -0.1) is 0 Å². The van der Waals surface area contributed by atoms with Gasteiger partial charge in [-0.3, -0.25) is 4.79 Å². The predicted molar refractivity (Wildman–Crippen MR) is 66.5 cm³/mol. The molecule has 1 unspecified atom stereocenters. The van der Waals surface area contributed by atoms with Gasteiger partial charge in [-0.1, -0.05) is 6.07 Å². The van der Waals surface area contributed by atoms with Crippen molar-refractivity contribution in [2.75, 3.05) is 13.1 Å². The summed E-state index contributed by atoms with van der Waals surface area (Å²) in [5.41, 5.74) is 2.12. The molecule has 4 heteroatoms. The van der Waals surface area contributed by atoms with Crippen molar-refractivity contribution in [2.24, 2.45) is 0 Å². The van der Waals surface area contributed by atoms with Gasteiger partial charge in [-0.2, -0.15) is 0 Å². The summed E-state index contributed by atoms with van der Waals surface area (Å²) in [6.07, 6.45) is 2.77. The van der Waals surface area contributed by atoms with Gasteiger partial charge in [0.2, 0.25) is 5.91 Å². The van der Waals surface area contributed by atoms with E-state index in [1.54, 1.807) is 12.1 Å². The second-order valence-electron chi connectivity index (χ2n) is 5.07. The lowest BCUT2D eigenvalue weighted by atomic mass is 9.99. The average molecular weight is 248 g/mol. The fourth-order valence-corrected chi connectivity index (χ4v) is 2.83. The molecule has 1 aromatic carbocycles. The van der Waals surface area contributed by atoms with Crippen molar-refractivity contribution in [1.29, 1.82) is 0 Å². The Hall–Kier alpha value is -1.42. The lowest BCUT2D eigenvalue weighted by molar-refractivity contribution is -0.134. The number of halogens is 1. The Morgan fingerprint density at radius 3 is 3.06 bits per heavy atom. The standard InChI is InChI=1S/C14H17FN2O/c15-12-4-3-11-9-17(7-5-10(11)8-12)14(18)13-2-1-6-16-13/h3-4,8,13,16H,1-2,5-7,9H2. The minimum absolute atomic E-state index is 0.00741. The van der Waals surface area contributed by atoms with E-state index < -0.39 is 0 Å². The smallest absolute Gasteiger partial charge is 0.240 e. The highest BCUT2D eigenvalue weighted by Gasteiger charge is 2.28. The number of nitrogens with one attached hydrogen (secondary N) is 1. The van der Waals surface area contributed by atoms with Crippen LogP contribution in [0.5, 0.6) is 0 Å². The second kappa shape index (κ2) is 4.69. The molecular formula is C14H17FN2O. The van der Waals surface area contributed by atoms with Crippen molar-refractivity contribution >= 4 is 5.91 Å². The summed E-state index contributed by atoms with van der Waals surface area (Å²) < 4.78 is 13.1. The predicted octanol–water partition coefficient (Wildman–Crippen LogP) is 1.46. The molecule has 1 aromatic rings. The SMILES string of the molecule is O=C(C1CCCN1)N1CCc2cc(F)ccc2C1. The first kappa shape index (κ1) is 11.7. The molecule has 96 valence electrons. The molecule has 0 aliphatic carbocycles. The van der Waals surface area contributed by atoms with Gasteiger partial charge < -0.3 is 10.2 Å². The van der Waals surface area contributed by atoms with E-state index in [-0.39, 0.29) is 17.8 Å². The molecule has 2 aliphatic rings. The zero-order valence-electron chi connectivity index (χ0n) is 10.3. The number of hydrogen-bond donors (Lipinski definition) is 1. The van der Waals surface area contributed by atoms with Crippen molar-refractivity contribution in [1.82, 2.24) is 10.2 Å². The molecule has 0 saturated carbocycles. The van der Waals surface area contributed by atoms with E-state index >= 15 is 0 Å². The van der Waals surface area contributed by atoms with Crippen LogP contribution in [0.4, 0.5) is 4.39 Å². The monoisotopic (exact) mass is 248 g/mol. The summed E-state index contributed by atoms with van der Waals surface area (Å²) in [6, 6.07) is 4.85. The molecule has 3 rings (SSSR count). The number of benzene rings is 1. The van der Waals surface area contributed by atoms with Gasteiger partial charge in [-0.25, -0.2) is 4.39 Å². The third-order valence-electron chi connectivity index (χ3n) is 3.85. The van der Waals surface area contributed by atoms with Gasteiger partial charge in [0, 0.05) is 13.1 Å². The molecule has 1 atom stereocenters. The van der Waals surface area contributed by atoms with Crippen LogP contribution in [0, 0.1) is 5.82 Å². The summed E-state index contributed by atoms with van der Waals surface area (Å²) in [7, 11) is 0. The molecule has 0 bridgehead atoms. The average Bonchev–Trinajstić information content (AvgIpc) is 2.91. The zero-order chi connectivity index (χ0) is 12.5. The van der Waals surface area contributed by atoms with E-state index in [1.807, 2.05) is 4.90 Å². The summed E-state index contributed by atoms with van der Waals surface area (Å²) >= 11 is 0. The summed E-state index contributed by atoms with van der Waals surface area (Å²) in [5, 5.41) is 3.24. The fraction of sp³-hybridized carbons (Fsp3) is 0.500. The fourth-order valence-electron chi connectivity index (χ4n) is 2.83. The van der Waals surface area contributed by atoms with Crippen LogP contribution in [0.1, 0.15) is 24.0 Å². The molecular weight excluding hydrogens is 231 g/mol. The molecule has 2 heterocycles. The molecule has 3 nitrogen and oxygen atoms in total. The van der Waals surface area contributed by atoms with Crippen molar-refractivity contribution < 1.29 is 9.18 Å². The van der Waals surface area contributed by atoms with Crippen LogP contribution in [0.15, 0.2) is 18.2 Å². The first-order chi connectivity index (χ1) is 8.74. The normalized spacial score (nSPS) is 22.9. The van der Waals surface area contributed by atoms with Crippen LogP contribution >= 0.6 is 0 Å². The molecule has 0 radical (unpaired) electrons. The van der Waals surface area contributed by atoms with Gasteiger partial charge in [0.1, 0.15) is 5.82 Å². The third-order valence-corrected chi connectivity index (χ3v) is 3.85. The Bertz CT molecular complexity index is 469. The minimum Gasteiger partial charge on any atom is -0.337 e. The maximum Gasteiger partial charge on any atom is 0.240 e. The number of carbonyl (C=O) groups excluding carboxylic acids is 1.